The Kier molecular flexibility index (Phi) is 4.50. The summed E-state index contributed by atoms with van der Waals surface area (Å²) in [6.07, 6.45) is 1.59. The smallest absolute Gasteiger partial charge is 0.253 e. The van der Waals surface area contributed by atoms with Crippen molar-refractivity contribution in [2.45, 2.75) is 19.8 Å². The Labute approximate surface area is 105 Å². The summed E-state index contributed by atoms with van der Waals surface area (Å²) in [5.41, 5.74) is 0.757. The van der Waals surface area contributed by atoms with Gasteiger partial charge in [0.1, 0.15) is 10.3 Å². The largest absolute Gasteiger partial charge is 0.369 e. The standard InChI is InChI=1S/C10H14Cl2N4/c1-6(2)7-8(11)14-10(15-9(7)12)13-5-16(3)4/h5-6H,1-4H3/b13-5+. The fourth-order valence-corrected chi connectivity index (χ4v) is 1.92. The topological polar surface area (TPSA) is 41.4 Å². The highest BCUT2D eigenvalue weighted by Crippen LogP contribution is 2.30. The fraction of sp³-hybridized carbons (Fsp3) is 0.500. The molecule has 0 spiro atoms. The zero-order chi connectivity index (χ0) is 12.3. The SMILES string of the molecule is CC(C)c1c(Cl)nc(/N=C/N(C)C)nc1Cl. The monoisotopic (exact) mass is 260 g/mol. The molecular weight excluding hydrogens is 247 g/mol. The second-order valence-corrected chi connectivity index (χ2v) is 4.60. The van der Waals surface area contributed by atoms with Gasteiger partial charge in [0.25, 0.3) is 5.95 Å². The molecule has 0 bridgehead atoms. The predicted octanol–water partition coefficient (Wildman–Crippen LogP) is 3.13. The van der Waals surface area contributed by atoms with Crippen LogP contribution in [0.4, 0.5) is 5.95 Å². The maximum atomic E-state index is 6.02. The number of hydrogen-bond donors (Lipinski definition) is 0. The van der Waals surface area contributed by atoms with Crippen LogP contribution in [0.5, 0.6) is 0 Å². The minimum absolute atomic E-state index is 0.187. The van der Waals surface area contributed by atoms with Gasteiger partial charge in [-0.05, 0) is 5.92 Å². The lowest BCUT2D eigenvalue weighted by atomic mass is 10.1. The molecule has 6 heteroatoms. The number of aromatic nitrogens is 2. The van der Waals surface area contributed by atoms with E-state index in [0.29, 0.717) is 10.3 Å². The maximum absolute atomic E-state index is 6.02. The number of hydrogen-bond acceptors (Lipinski definition) is 3. The van der Waals surface area contributed by atoms with E-state index in [-0.39, 0.29) is 11.9 Å². The molecule has 0 aliphatic rings. The Balaban J connectivity index is 3.10. The van der Waals surface area contributed by atoms with Crippen molar-refractivity contribution in [2.24, 2.45) is 4.99 Å². The second kappa shape index (κ2) is 5.46. The molecule has 0 N–H and O–H groups in total. The quantitative estimate of drug-likeness (QED) is 0.477. The number of aliphatic imine (C=N–C) groups is 1. The number of nitrogens with zero attached hydrogens (tertiary/aromatic N) is 4. The van der Waals surface area contributed by atoms with Crippen LogP contribution in [-0.4, -0.2) is 35.3 Å². The first kappa shape index (κ1) is 13.2. The molecule has 4 nitrogen and oxygen atoms in total. The van der Waals surface area contributed by atoms with Crippen LogP contribution in [0.1, 0.15) is 25.3 Å². The van der Waals surface area contributed by atoms with Crippen molar-refractivity contribution in [1.82, 2.24) is 14.9 Å². The van der Waals surface area contributed by atoms with Crippen LogP contribution in [0.2, 0.25) is 10.3 Å². The Morgan fingerprint density at radius 2 is 1.69 bits per heavy atom. The number of halogens is 2. The van der Waals surface area contributed by atoms with E-state index in [9.17, 15) is 0 Å². The van der Waals surface area contributed by atoms with Gasteiger partial charge in [0.05, 0.1) is 6.34 Å². The summed E-state index contributed by atoms with van der Waals surface area (Å²) in [7, 11) is 3.71. The molecule has 0 saturated heterocycles. The Bertz CT molecular complexity index is 379. The van der Waals surface area contributed by atoms with Crippen LogP contribution in [0.15, 0.2) is 4.99 Å². The van der Waals surface area contributed by atoms with Gasteiger partial charge in [0.2, 0.25) is 0 Å². The molecule has 88 valence electrons. The molecule has 0 aliphatic heterocycles. The van der Waals surface area contributed by atoms with E-state index < -0.39 is 0 Å². The van der Waals surface area contributed by atoms with Crippen LogP contribution >= 0.6 is 23.2 Å². The van der Waals surface area contributed by atoms with Gasteiger partial charge in [0.15, 0.2) is 0 Å². The first-order chi connectivity index (χ1) is 7.41. The molecule has 1 aromatic heterocycles. The fourth-order valence-electron chi connectivity index (χ4n) is 1.11. The van der Waals surface area contributed by atoms with Crippen molar-refractivity contribution >= 4 is 35.5 Å². The van der Waals surface area contributed by atoms with Gasteiger partial charge in [-0.25, -0.2) is 4.99 Å². The summed E-state index contributed by atoms with van der Waals surface area (Å²) >= 11 is 12.0. The van der Waals surface area contributed by atoms with Gasteiger partial charge in [-0.1, -0.05) is 37.0 Å². The molecular formula is C10H14Cl2N4. The Hall–Kier alpha value is -0.870. The van der Waals surface area contributed by atoms with Crippen molar-refractivity contribution in [1.29, 1.82) is 0 Å². The zero-order valence-electron chi connectivity index (χ0n) is 9.70. The maximum Gasteiger partial charge on any atom is 0.253 e. The minimum Gasteiger partial charge on any atom is -0.369 e. The lowest BCUT2D eigenvalue weighted by Crippen LogP contribution is -2.07. The number of rotatable bonds is 3. The van der Waals surface area contributed by atoms with Crippen molar-refractivity contribution < 1.29 is 0 Å². The highest BCUT2D eigenvalue weighted by atomic mass is 35.5. The summed E-state index contributed by atoms with van der Waals surface area (Å²) in [6.45, 7) is 3.97. The molecule has 1 heterocycles. The van der Waals surface area contributed by atoms with Crippen LogP contribution in [0.3, 0.4) is 0 Å². The highest BCUT2D eigenvalue weighted by molar-refractivity contribution is 6.34. The summed E-state index contributed by atoms with van der Waals surface area (Å²) in [4.78, 5) is 14.0. The van der Waals surface area contributed by atoms with Crippen molar-refractivity contribution in [3.63, 3.8) is 0 Å². The van der Waals surface area contributed by atoms with Crippen LogP contribution < -0.4 is 0 Å². The van der Waals surface area contributed by atoms with E-state index >= 15 is 0 Å². The van der Waals surface area contributed by atoms with Gasteiger partial charge < -0.3 is 4.90 Å². The third-order valence-corrected chi connectivity index (χ3v) is 2.40. The third kappa shape index (κ3) is 3.32. The first-order valence-corrected chi connectivity index (χ1v) is 5.61. The molecule has 0 radical (unpaired) electrons. The molecule has 0 atom stereocenters. The highest BCUT2D eigenvalue weighted by Gasteiger charge is 2.14. The van der Waals surface area contributed by atoms with Gasteiger partial charge in [-0.3, -0.25) is 0 Å². The molecule has 0 aromatic carbocycles. The Morgan fingerprint density at radius 3 is 2.06 bits per heavy atom. The summed E-state index contributed by atoms with van der Waals surface area (Å²) < 4.78 is 0. The van der Waals surface area contributed by atoms with Gasteiger partial charge >= 0.3 is 0 Å². The average Bonchev–Trinajstić information content (AvgIpc) is 2.12. The third-order valence-electron chi connectivity index (χ3n) is 1.82. The normalized spacial score (nSPS) is 11.4. The zero-order valence-corrected chi connectivity index (χ0v) is 11.2. The first-order valence-electron chi connectivity index (χ1n) is 4.85. The molecule has 0 unspecified atom stereocenters. The van der Waals surface area contributed by atoms with Gasteiger partial charge in [-0.15, -0.1) is 0 Å². The molecule has 1 rings (SSSR count). The van der Waals surface area contributed by atoms with E-state index in [1.54, 1.807) is 11.2 Å². The summed E-state index contributed by atoms with van der Waals surface area (Å²) in [5, 5.41) is 0.724. The van der Waals surface area contributed by atoms with Crippen LogP contribution in [0.25, 0.3) is 0 Å². The lowest BCUT2D eigenvalue weighted by molar-refractivity contribution is 0.642. The molecule has 16 heavy (non-hydrogen) atoms. The predicted molar refractivity (Wildman–Crippen MR) is 68.0 cm³/mol. The second-order valence-electron chi connectivity index (χ2n) is 3.88. The van der Waals surface area contributed by atoms with Crippen molar-refractivity contribution in [3.8, 4) is 0 Å². The Morgan fingerprint density at radius 1 is 1.19 bits per heavy atom. The molecule has 0 aliphatic carbocycles. The van der Waals surface area contributed by atoms with E-state index in [1.165, 1.54) is 0 Å². The molecule has 0 saturated carbocycles. The van der Waals surface area contributed by atoms with E-state index in [2.05, 4.69) is 15.0 Å². The van der Waals surface area contributed by atoms with Crippen molar-refractivity contribution in [2.75, 3.05) is 14.1 Å². The van der Waals surface area contributed by atoms with E-state index in [1.807, 2.05) is 27.9 Å². The van der Waals surface area contributed by atoms with E-state index in [0.717, 1.165) is 5.56 Å². The summed E-state index contributed by atoms with van der Waals surface area (Å²) in [5.74, 6) is 0.458. The van der Waals surface area contributed by atoms with E-state index in [4.69, 9.17) is 23.2 Å². The summed E-state index contributed by atoms with van der Waals surface area (Å²) in [6, 6.07) is 0. The van der Waals surface area contributed by atoms with Crippen molar-refractivity contribution in [3.05, 3.63) is 15.9 Å². The van der Waals surface area contributed by atoms with Crippen LogP contribution in [-0.2, 0) is 0 Å². The molecule has 1 aromatic rings. The van der Waals surface area contributed by atoms with Crippen LogP contribution in [0, 0.1) is 0 Å². The van der Waals surface area contributed by atoms with Gasteiger partial charge in [-0.2, -0.15) is 9.97 Å². The lowest BCUT2D eigenvalue weighted by Gasteiger charge is -2.09. The molecule has 0 fully saturated rings. The minimum atomic E-state index is 0.187. The molecule has 0 amide bonds. The average molecular weight is 261 g/mol. The van der Waals surface area contributed by atoms with Gasteiger partial charge in [0, 0.05) is 19.7 Å².